The first-order chi connectivity index (χ1) is 19.5. The molecule has 3 N–H and O–H groups in total. The molecule has 1 aliphatic heterocycles. The summed E-state index contributed by atoms with van der Waals surface area (Å²) in [6, 6.07) is 12.6. The Bertz CT molecular complexity index is 1300. The van der Waals surface area contributed by atoms with Gasteiger partial charge in [-0.2, -0.15) is 11.8 Å². The summed E-state index contributed by atoms with van der Waals surface area (Å²) in [6.07, 6.45) is 5.00. The molecular weight excluding hydrogens is 532 g/mol. The number of amides is 3. The van der Waals surface area contributed by atoms with Crippen LogP contribution >= 0.6 is 11.8 Å². The van der Waals surface area contributed by atoms with Gasteiger partial charge in [0.15, 0.2) is 11.5 Å². The molecule has 0 saturated heterocycles. The molecule has 0 saturated carbocycles. The molecule has 1 aromatic heterocycles. The van der Waals surface area contributed by atoms with Gasteiger partial charge in [0, 0.05) is 24.9 Å². The molecule has 0 spiro atoms. The summed E-state index contributed by atoms with van der Waals surface area (Å²) in [4.78, 5) is 40.0. The van der Waals surface area contributed by atoms with Crippen LogP contribution in [0.25, 0.3) is 0 Å². The predicted octanol–water partition coefficient (Wildman–Crippen LogP) is 1.96. The summed E-state index contributed by atoms with van der Waals surface area (Å²) in [5, 5.41) is 16.9. The van der Waals surface area contributed by atoms with Crippen molar-refractivity contribution in [3.05, 3.63) is 71.5 Å². The van der Waals surface area contributed by atoms with Crippen LogP contribution in [0.1, 0.15) is 34.5 Å². The molecule has 3 aromatic rings. The van der Waals surface area contributed by atoms with E-state index in [1.54, 1.807) is 40.8 Å². The van der Waals surface area contributed by atoms with E-state index in [1.807, 2.05) is 36.6 Å². The highest BCUT2D eigenvalue weighted by Gasteiger charge is 2.27. The summed E-state index contributed by atoms with van der Waals surface area (Å²) in [7, 11) is 1.53. The van der Waals surface area contributed by atoms with E-state index in [1.165, 1.54) is 7.11 Å². The topological polar surface area (TPSA) is 136 Å². The third-order valence-corrected chi connectivity index (χ3v) is 7.04. The Kier molecular flexibility index (Phi) is 10.4. The number of nitrogens with one attached hydrogen (secondary N) is 3. The van der Waals surface area contributed by atoms with Gasteiger partial charge in [0.1, 0.15) is 17.8 Å². The van der Waals surface area contributed by atoms with Crippen molar-refractivity contribution >= 4 is 29.5 Å². The summed E-state index contributed by atoms with van der Waals surface area (Å²) in [6.45, 7) is 1.06. The number of aryl methyl sites for hydroxylation is 1. The number of rotatable bonds is 6. The lowest BCUT2D eigenvalue weighted by Gasteiger charge is -2.23. The average Bonchev–Trinajstić information content (AvgIpc) is 3.43. The number of carbonyl (C=O) groups excluding carboxylic acids is 3. The average molecular weight is 567 g/mol. The highest BCUT2D eigenvalue weighted by Crippen LogP contribution is 2.28. The molecule has 212 valence electrons. The molecule has 0 unspecified atom stereocenters. The van der Waals surface area contributed by atoms with Crippen molar-refractivity contribution < 1.29 is 23.9 Å². The molecule has 2 aromatic carbocycles. The van der Waals surface area contributed by atoms with Crippen molar-refractivity contribution in [2.24, 2.45) is 0 Å². The van der Waals surface area contributed by atoms with Crippen molar-refractivity contribution in [2.75, 3.05) is 25.7 Å². The third kappa shape index (κ3) is 7.98. The zero-order chi connectivity index (χ0) is 28.3. The van der Waals surface area contributed by atoms with E-state index >= 15 is 0 Å². The van der Waals surface area contributed by atoms with Gasteiger partial charge in [-0.15, -0.1) is 5.10 Å². The van der Waals surface area contributed by atoms with Crippen LogP contribution in [0.3, 0.4) is 0 Å². The monoisotopic (exact) mass is 566 g/mol. The normalized spacial score (nSPS) is 18.7. The van der Waals surface area contributed by atoms with E-state index in [2.05, 4.69) is 26.3 Å². The largest absolute Gasteiger partial charge is 0.493 e. The van der Waals surface area contributed by atoms with Gasteiger partial charge in [0.2, 0.25) is 11.8 Å². The van der Waals surface area contributed by atoms with Gasteiger partial charge in [-0.25, -0.2) is 0 Å². The van der Waals surface area contributed by atoms with Crippen molar-refractivity contribution in [3.8, 4) is 11.5 Å². The van der Waals surface area contributed by atoms with Crippen LogP contribution in [0.2, 0.25) is 0 Å². The molecule has 0 fully saturated rings. The predicted molar refractivity (Wildman–Crippen MR) is 151 cm³/mol. The van der Waals surface area contributed by atoms with Crippen LogP contribution in [0.4, 0.5) is 0 Å². The highest BCUT2D eigenvalue weighted by atomic mass is 32.2. The number of hydrogen-bond donors (Lipinski definition) is 3. The Balaban J connectivity index is 1.63. The molecule has 3 amide bonds. The second-order valence-corrected chi connectivity index (χ2v) is 10.3. The minimum absolute atomic E-state index is 0.159. The maximum absolute atomic E-state index is 13.5. The molecule has 12 heteroatoms. The zero-order valence-electron chi connectivity index (χ0n) is 22.6. The number of nitrogens with zero attached hydrogens (tertiary/aromatic N) is 3. The second-order valence-electron chi connectivity index (χ2n) is 9.32. The molecule has 11 nitrogen and oxygen atoms in total. The molecule has 40 heavy (non-hydrogen) atoms. The lowest BCUT2D eigenvalue weighted by Crippen LogP contribution is -2.54. The van der Waals surface area contributed by atoms with Crippen molar-refractivity contribution in [2.45, 2.75) is 44.4 Å². The maximum Gasteiger partial charge on any atom is 0.252 e. The fourth-order valence-corrected chi connectivity index (χ4v) is 4.72. The fraction of sp³-hybridized carbons (Fsp3) is 0.393. The lowest BCUT2D eigenvalue weighted by molar-refractivity contribution is -0.130. The van der Waals surface area contributed by atoms with E-state index in [-0.39, 0.29) is 18.9 Å². The van der Waals surface area contributed by atoms with Crippen LogP contribution in [0, 0.1) is 0 Å². The Morgan fingerprint density at radius 3 is 2.67 bits per heavy atom. The van der Waals surface area contributed by atoms with Crippen LogP contribution in [-0.2, 0) is 29.1 Å². The molecule has 4 rings (SSSR count). The standard InChI is InChI=1S/C28H34N6O5S/c1-38-24-10-9-20-16-25(24)39-13-6-12-34-18-21(32-33-34)17-29-27(36)23(15-19-7-4-3-5-8-19)31-28(37)22(11-14-40-2)30-26(20)35/h3-5,7-10,16,18,22-23H,6,11-15,17H2,1-2H3,(H,29,36)(H,30,35)(H,31,37)/t22-,23-/m1/s1. The molecule has 2 heterocycles. The van der Waals surface area contributed by atoms with E-state index in [0.717, 1.165) is 5.56 Å². The van der Waals surface area contributed by atoms with Crippen molar-refractivity contribution in [1.82, 2.24) is 30.9 Å². The van der Waals surface area contributed by atoms with Gasteiger partial charge in [-0.1, -0.05) is 35.5 Å². The Morgan fingerprint density at radius 2 is 1.90 bits per heavy atom. The molecule has 4 bridgehead atoms. The highest BCUT2D eigenvalue weighted by molar-refractivity contribution is 7.98. The number of carbonyl (C=O) groups is 3. The minimum atomic E-state index is -0.860. The van der Waals surface area contributed by atoms with E-state index < -0.39 is 23.9 Å². The van der Waals surface area contributed by atoms with Crippen molar-refractivity contribution in [1.29, 1.82) is 0 Å². The third-order valence-electron chi connectivity index (χ3n) is 6.39. The zero-order valence-corrected chi connectivity index (χ0v) is 23.4. The molecular formula is C28H34N6O5S. The van der Waals surface area contributed by atoms with Crippen LogP contribution in [-0.4, -0.2) is 70.5 Å². The quantitative estimate of drug-likeness (QED) is 0.412. The Labute approximate surface area is 237 Å². The van der Waals surface area contributed by atoms with E-state index in [9.17, 15) is 14.4 Å². The summed E-state index contributed by atoms with van der Waals surface area (Å²) in [5.41, 5.74) is 1.81. The maximum atomic E-state index is 13.5. The smallest absolute Gasteiger partial charge is 0.252 e. The molecule has 1 aliphatic rings. The second kappa shape index (κ2) is 14.4. The van der Waals surface area contributed by atoms with Crippen molar-refractivity contribution in [3.63, 3.8) is 0 Å². The number of hydrogen-bond acceptors (Lipinski definition) is 8. The van der Waals surface area contributed by atoms with Crippen LogP contribution < -0.4 is 25.4 Å². The van der Waals surface area contributed by atoms with Gasteiger partial charge < -0.3 is 25.4 Å². The molecule has 2 atom stereocenters. The SMILES string of the molecule is COc1ccc2cc1OCCCn1cc(nn1)CNC(=O)[C@@H](Cc1ccccc1)NC(=O)[C@@H](CCSC)NC2=O. The van der Waals surface area contributed by atoms with Gasteiger partial charge >= 0.3 is 0 Å². The molecule has 0 aliphatic carbocycles. The van der Waals surface area contributed by atoms with Gasteiger partial charge in [-0.3, -0.25) is 19.1 Å². The number of benzene rings is 2. The fourth-order valence-electron chi connectivity index (χ4n) is 4.25. The summed E-state index contributed by atoms with van der Waals surface area (Å²) in [5.74, 6) is 0.344. The Morgan fingerprint density at radius 1 is 1.07 bits per heavy atom. The van der Waals surface area contributed by atoms with Crippen LogP contribution in [0.15, 0.2) is 54.7 Å². The minimum Gasteiger partial charge on any atom is -0.493 e. The van der Waals surface area contributed by atoms with Gasteiger partial charge in [0.05, 0.1) is 26.5 Å². The summed E-state index contributed by atoms with van der Waals surface area (Å²) >= 11 is 1.56. The molecule has 0 radical (unpaired) electrons. The number of fused-ring (bicyclic) bond motifs is 4. The van der Waals surface area contributed by atoms with Crippen LogP contribution in [0.5, 0.6) is 11.5 Å². The number of ether oxygens (including phenoxy) is 2. The first-order valence-electron chi connectivity index (χ1n) is 13.1. The lowest BCUT2D eigenvalue weighted by atomic mass is 10.0. The van der Waals surface area contributed by atoms with Gasteiger partial charge in [-0.05, 0) is 42.2 Å². The summed E-state index contributed by atoms with van der Waals surface area (Å²) < 4.78 is 13.0. The first-order valence-corrected chi connectivity index (χ1v) is 14.5. The Hall–Kier alpha value is -4.06. The van der Waals surface area contributed by atoms with E-state index in [0.29, 0.717) is 54.5 Å². The number of methoxy groups -OCH3 is 1. The number of thioether (sulfide) groups is 1. The van der Waals surface area contributed by atoms with E-state index in [4.69, 9.17) is 9.47 Å². The van der Waals surface area contributed by atoms with Gasteiger partial charge in [0.25, 0.3) is 5.91 Å². The number of aromatic nitrogens is 3. The first kappa shape index (κ1) is 28.9.